The van der Waals surface area contributed by atoms with Crippen LogP contribution in [0.15, 0.2) is 0 Å². The molecule has 1 N–H and O–H groups in total. The Balaban J connectivity index is 3.75. The van der Waals surface area contributed by atoms with E-state index in [4.69, 9.17) is 9.47 Å². The Morgan fingerprint density at radius 2 is 1.74 bits per heavy atom. The highest BCUT2D eigenvalue weighted by Crippen LogP contribution is 2.11. The van der Waals surface area contributed by atoms with Crippen molar-refractivity contribution in [3.63, 3.8) is 0 Å². The largest absolute Gasteiger partial charge is 0.444 e. The van der Waals surface area contributed by atoms with Crippen molar-refractivity contribution >= 4 is 6.09 Å². The zero-order valence-electron chi connectivity index (χ0n) is 13.5. The van der Waals surface area contributed by atoms with Gasteiger partial charge in [0, 0.05) is 27.2 Å². The number of carbonyl (C=O) groups is 1. The first-order valence-electron chi connectivity index (χ1n) is 6.77. The van der Waals surface area contributed by atoms with E-state index in [1.165, 1.54) is 0 Å². The zero-order valence-corrected chi connectivity index (χ0v) is 13.5. The highest BCUT2D eigenvalue weighted by atomic mass is 16.6. The van der Waals surface area contributed by atoms with E-state index in [0.29, 0.717) is 6.54 Å². The molecule has 0 aromatic rings. The van der Waals surface area contributed by atoms with E-state index in [0.717, 1.165) is 19.5 Å². The molecule has 0 aliphatic heterocycles. The number of hydrogen-bond acceptors (Lipinski definition) is 4. The van der Waals surface area contributed by atoms with Crippen molar-refractivity contribution in [1.29, 1.82) is 0 Å². The van der Waals surface area contributed by atoms with Crippen molar-refractivity contribution in [2.45, 2.75) is 52.2 Å². The molecular formula is C14H30N2O3. The highest BCUT2D eigenvalue weighted by molar-refractivity contribution is 5.67. The van der Waals surface area contributed by atoms with E-state index in [9.17, 15) is 4.79 Å². The lowest BCUT2D eigenvalue weighted by atomic mass is 10.1. The van der Waals surface area contributed by atoms with Crippen LogP contribution < -0.4 is 5.32 Å². The summed E-state index contributed by atoms with van der Waals surface area (Å²) >= 11 is 0. The fraction of sp³-hybridized carbons (Fsp3) is 0.929. The van der Waals surface area contributed by atoms with Gasteiger partial charge in [0.2, 0.25) is 0 Å². The monoisotopic (exact) mass is 274 g/mol. The summed E-state index contributed by atoms with van der Waals surface area (Å²) in [6.07, 6.45) is 0.645. The van der Waals surface area contributed by atoms with Crippen LogP contribution in [0.5, 0.6) is 0 Å². The maximum absolute atomic E-state index is 11.7. The van der Waals surface area contributed by atoms with Crippen molar-refractivity contribution in [2.75, 3.05) is 33.8 Å². The Labute approximate surface area is 117 Å². The van der Waals surface area contributed by atoms with Crippen LogP contribution >= 0.6 is 0 Å². The van der Waals surface area contributed by atoms with Gasteiger partial charge in [-0.25, -0.2) is 4.79 Å². The number of nitrogens with one attached hydrogen (secondary N) is 1. The number of carbonyl (C=O) groups excluding carboxylic acids is 1. The standard InChI is InChI=1S/C14H30N2O3/c1-13(2,3)19-12(17)16(6)11-10-15-9-8-14(4,5)18-7/h15H,8-11H2,1-7H3. The number of likely N-dealkylation sites (N-methyl/N-ethyl adjacent to an activating group) is 1. The molecule has 0 aliphatic carbocycles. The molecule has 5 nitrogen and oxygen atoms in total. The minimum Gasteiger partial charge on any atom is -0.444 e. The normalized spacial score (nSPS) is 12.4. The van der Waals surface area contributed by atoms with Crippen LogP contribution in [0.3, 0.4) is 0 Å². The molecule has 5 heteroatoms. The van der Waals surface area contributed by atoms with Crippen LogP contribution in [-0.4, -0.2) is 56.0 Å². The highest BCUT2D eigenvalue weighted by Gasteiger charge is 2.19. The quantitative estimate of drug-likeness (QED) is 0.724. The summed E-state index contributed by atoms with van der Waals surface area (Å²) in [5, 5.41) is 3.29. The van der Waals surface area contributed by atoms with E-state index < -0.39 is 5.60 Å². The molecule has 0 aromatic carbocycles. The molecule has 0 rings (SSSR count). The van der Waals surface area contributed by atoms with Crippen LogP contribution in [0.2, 0.25) is 0 Å². The van der Waals surface area contributed by atoms with Crippen molar-refractivity contribution in [1.82, 2.24) is 10.2 Å². The second-order valence-corrected chi connectivity index (χ2v) is 6.37. The Hall–Kier alpha value is -0.810. The third kappa shape index (κ3) is 9.73. The molecule has 19 heavy (non-hydrogen) atoms. The van der Waals surface area contributed by atoms with E-state index in [-0.39, 0.29) is 11.7 Å². The first kappa shape index (κ1) is 18.2. The van der Waals surface area contributed by atoms with E-state index in [1.807, 2.05) is 20.8 Å². The molecule has 0 aliphatic rings. The van der Waals surface area contributed by atoms with Gasteiger partial charge in [-0.2, -0.15) is 0 Å². The van der Waals surface area contributed by atoms with Gasteiger partial charge >= 0.3 is 6.09 Å². The van der Waals surface area contributed by atoms with Gasteiger partial charge in [-0.3, -0.25) is 0 Å². The molecule has 1 amide bonds. The number of hydrogen-bond donors (Lipinski definition) is 1. The Morgan fingerprint density at radius 3 is 2.21 bits per heavy atom. The number of rotatable bonds is 7. The molecule has 0 radical (unpaired) electrons. The Bertz CT molecular complexity index is 272. The summed E-state index contributed by atoms with van der Waals surface area (Å²) in [5.41, 5.74) is -0.550. The summed E-state index contributed by atoms with van der Waals surface area (Å²) in [4.78, 5) is 13.3. The summed E-state index contributed by atoms with van der Waals surface area (Å²) in [6.45, 7) is 11.9. The molecular weight excluding hydrogens is 244 g/mol. The summed E-state index contributed by atoms with van der Waals surface area (Å²) in [6, 6.07) is 0. The maximum Gasteiger partial charge on any atom is 0.410 e. The second kappa shape index (κ2) is 7.70. The van der Waals surface area contributed by atoms with Crippen LogP contribution in [0.4, 0.5) is 4.79 Å². The molecule has 114 valence electrons. The van der Waals surface area contributed by atoms with Gasteiger partial charge in [0.1, 0.15) is 5.60 Å². The topological polar surface area (TPSA) is 50.8 Å². The van der Waals surface area contributed by atoms with Gasteiger partial charge in [-0.05, 0) is 47.6 Å². The number of ether oxygens (including phenoxy) is 2. The van der Waals surface area contributed by atoms with Gasteiger partial charge < -0.3 is 19.7 Å². The first-order valence-corrected chi connectivity index (χ1v) is 6.77. The lowest BCUT2D eigenvalue weighted by Crippen LogP contribution is -2.38. The zero-order chi connectivity index (χ0) is 15.1. The van der Waals surface area contributed by atoms with Gasteiger partial charge in [0.05, 0.1) is 5.60 Å². The number of amides is 1. The summed E-state index contributed by atoms with van der Waals surface area (Å²) in [5.74, 6) is 0. The van der Waals surface area contributed by atoms with Crippen LogP contribution in [0.1, 0.15) is 41.0 Å². The second-order valence-electron chi connectivity index (χ2n) is 6.37. The SMILES string of the molecule is COC(C)(C)CCNCCN(C)C(=O)OC(C)(C)C. The Kier molecular flexibility index (Phi) is 7.37. The molecule has 0 aromatic heterocycles. The smallest absolute Gasteiger partial charge is 0.410 e. The molecule has 0 saturated heterocycles. The minimum atomic E-state index is -0.443. The number of methoxy groups -OCH3 is 1. The molecule has 0 saturated carbocycles. The summed E-state index contributed by atoms with van der Waals surface area (Å²) in [7, 11) is 3.46. The lowest BCUT2D eigenvalue weighted by Gasteiger charge is -2.25. The van der Waals surface area contributed by atoms with Gasteiger partial charge in [0.15, 0.2) is 0 Å². The molecule has 0 unspecified atom stereocenters. The van der Waals surface area contributed by atoms with Gasteiger partial charge in [-0.15, -0.1) is 0 Å². The minimum absolute atomic E-state index is 0.107. The predicted molar refractivity (Wildman–Crippen MR) is 77.4 cm³/mol. The van der Waals surface area contributed by atoms with Crippen LogP contribution in [-0.2, 0) is 9.47 Å². The lowest BCUT2D eigenvalue weighted by molar-refractivity contribution is 0.0153. The predicted octanol–water partition coefficient (Wildman–Crippen LogP) is 2.26. The Morgan fingerprint density at radius 1 is 1.16 bits per heavy atom. The average molecular weight is 274 g/mol. The number of nitrogens with zero attached hydrogens (tertiary/aromatic N) is 1. The van der Waals surface area contributed by atoms with Crippen molar-refractivity contribution in [2.24, 2.45) is 0 Å². The third-order valence-corrected chi connectivity index (χ3v) is 2.79. The maximum atomic E-state index is 11.7. The first-order chi connectivity index (χ1) is 8.57. The van der Waals surface area contributed by atoms with E-state index in [2.05, 4.69) is 19.2 Å². The van der Waals surface area contributed by atoms with Crippen molar-refractivity contribution in [3.05, 3.63) is 0 Å². The molecule has 0 fully saturated rings. The summed E-state index contributed by atoms with van der Waals surface area (Å²) < 4.78 is 10.6. The van der Waals surface area contributed by atoms with Crippen molar-refractivity contribution < 1.29 is 14.3 Å². The fourth-order valence-corrected chi connectivity index (χ4v) is 1.29. The molecule has 0 bridgehead atoms. The average Bonchev–Trinajstić information content (AvgIpc) is 2.26. The van der Waals surface area contributed by atoms with E-state index in [1.54, 1.807) is 19.1 Å². The van der Waals surface area contributed by atoms with Gasteiger partial charge in [0.25, 0.3) is 0 Å². The molecule has 0 spiro atoms. The van der Waals surface area contributed by atoms with E-state index >= 15 is 0 Å². The third-order valence-electron chi connectivity index (χ3n) is 2.79. The molecule has 0 atom stereocenters. The van der Waals surface area contributed by atoms with Crippen LogP contribution in [0.25, 0.3) is 0 Å². The van der Waals surface area contributed by atoms with Crippen molar-refractivity contribution in [3.8, 4) is 0 Å². The van der Waals surface area contributed by atoms with Gasteiger partial charge in [-0.1, -0.05) is 0 Å². The van der Waals surface area contributed by atoms with Crippen LogP contribution in [0, 0.1) is 0 Å². The molecule has 0 heterocycles. The fourth-order valence-electron chi connectivity index (χ4n) is 1.29.